The predicted octanol–water partition coefficient (Wildman–Crippen LogP) is 5.08. The van der Waals surface area contributed by atoms with Crippen LogP contribution in [0.1, 0.15) is 31.0 Å². The van der Waals surface area contributed by atoms with E-state index in [1.54, 1.807) is 6.07 Å². The first-order valence-corrected chi connectivity index (χ1v) is 13.2. The highest BCUT2D eigenvalue weighted by molar-refractivity contribution is 8.01. The Morgan fingerprint density at radius 3 is 2.33 bits per heavy atom. The number of halogens is 1. The number of nitrogens with zero attached hydrogens (tertiary/aromatic N) is 2. The van der Waals surface area contributed by atoms with E-state index < -0.39 is 11.3 Å². The zero-order chi connectivity index (χ0) is 25.3. The first-order valence-electron chi connectivity index (χ1n) is 11.9. The molecule has 0 saturated carbocycles. The molecule has 0 bridgehead atoms. The lowest BCUT2D eigenvalue weighted by molar-refractivity contribution is -0.131. The number of benzene rings is 3. The van der Waals surface area contributed by atoms with Gasteiger partial charge in [-0.1, -0.05) is 66.2 Å². The number of carbonyl (C=O) groups is 2. The molecule has 0 aromatic heterocycles. The minimum absolute atomic E-state index is 0.204. The van der Waals surface area contributed by atoms with Gasteiger partial charge in [-0.3, -0.25) is 15.0 Å². The third-order valence-electron chi connectivity index (χ3n) is 6.39. The molecule has 2 aliphatic heterocycles. The SMILES string of the molecule is CC1(C)CN(c2ccc(C(c3ccccc3)N3NC(=O)C(Sc4ccccc4Cl)C3=O)cc2)CCO1. The van der Waals surface area contributed by atoms with Crippen molar-refractivity contribution >= 4 is 40.9 Å². The lowest BCUT2D eigenvalue weighted by Gasteiger charge is -2.39. The molecule has 3 aromatic rings. The van der Waals surface area contributed by atoms with E-state index in [1.807, 2.05) is 60.7 Å². The van der Waals surface area contributed by atoms with Crippen molar-refractivity contribution in [3.05, 3.63) is 95.0 Å². The fourth-order valence-electron chi connectivity index (χ4n) is 4.66. The van der Waals surface area contributed by atoms with Gasteiger partial charge in [0.15, 0.2) is 5.25 Å². The zero-order valence-electron chi connectivity index (χ0n) is 20.2. The van der Waals surface area contributed by atoms with E-state index in [1.165, 1.54) is 16.8 Å². The first-order chi connectivity index (χ1) is 17.3. The molecule has 2 atom stereocenters. The van der Waals surface area contributed by atoms with Crippen LogP contribution in [-0.4, -0.2) is 47.4 Å². The van der Waals surface area contributed by atoms with Crippen LogP contribution in [0.25, 0.3) is 0 Å². The van der Waals surface area contributed by atoms with Gasteiger partial charge in [0.1, 0.15) is 6.04 Å². The van der Waals surface area contributed by atoms with Gasteiger partial charge in [-0.25, -0.2) is 5.01 Å². The molecule has 0 spiro atoms. The van der Waals surface area contributed by atoms with Crippen LogP contribution in [0.2, 0.25) is 5.02 Å². The van der Waals surface area contributed by atoms with Crippen molar-refractivity contribution in [2.75, 3.05) is 24.6 Å². The lowest BCUT2D eigenvalue weighted by atomic mass is 9.97. The Hall–Kier alpha value is -3.00. The van der Waals surface area contributed by atoms with E-state index in [9.17, 15) is 9.59 Å². The molecule has 2 fully saturated rings. The van der Waals surface area contributed by atoms with Gasteiger partial charge in [0.25, 0.3) is 11.8 Å². The maximum absolute atomic E-state index is 13.6. The number of nitrogens with one attached hydrogen (secondary N) is 1. The second-order valence-corrected chi connectivity index (χ2v) is 11.1. The van der Waals surface area contributed by atoms with E-state index in [-0.39, 0.29) is 17.4 Å². The molecule has 6 nitrogen and oxygen atoms in total. The Morgan fingerprint density at radius 2 is 1.64 bits per heavy atom. The number of rotatable bonds is 6. The summed E-state index contributed by atoms with van der Waals surface area (Å²) in [6, 6.07) is 24.7. The van der Waals surface area contributed by atoms with Gasteiger partial charge in [-0.2, -0.15) is 0 Å². The topological polar surface area (TPSA) is 61.9 Å². The average Bonchev–Trinajstić information content (AvgIpc) is 3.14. The van der Waals surface area contributed by atoms with Crippen LogP contribution >= 0.6 is 23.4 Å². The van der Waals surface area contributed by atoms with E-state index >= 15 is 0 Å². The first kappa shape index (κ1) is 24.7. The molecule has 8 heteroatoms. The molecular weight excluding hydrogens is 494 g/mol. The lowest BCUT2D eigenvalue weighted by Crippen LogP contribution is -2.48. The zero-order valence-corrected chi connectivity index (χ0v) is 21.8. The monoisotopic (exact) mass is 521 g/mol. The van der Waals surface area contributed by atoms with E-state index in [0.29, 0.717) is 16.5 Å². The van der Waals surface area contributed by atoms with Crippen LogP contribution in [0.5, 0.6) is 0 Å². The summed E-state index contributed by atoms with van der Waals surface area (Å²) in [5.74, 6) is -0.643. The number of ether oxygens (including phenoxy) is 1. The molecule has 3 aromatic carbocycles. The third-order valence-corrected chi connectivity index (χ3v) is 8.09. The van der Waals surface area contributed by atoms with Crippen LogP contribution in [-0.2, 0) is 14.3 Å². The molecule has 186 valence electrons. The summed E-state index contributed by atoms with van der Waals surface area (Å²) in [5.41, 5.74) is 5.56. The summed E-state index contributed by atoms with van der Waals surface area (Å²) >= 11 is 7.47. The van der Waals surface area contributed by atoms with Crippen molar-refractivity contribution in [2.45, 2.75) is 35.6 Å². The van der Waals surface area contributed by atoms with Crippen LogP contribution in [0.4, 0.5) is 5.69 Å². The minimum Gasteiger partial charge on any atom is -0.372 e. The number of hydrazine groups is 1. The second-order valence-electron chi connectivity index (χ2n) is 9.55. The number of hydrogen-bond acceptors (Lipinski definition) is 5. The maximum atomic E-state index is 13.6. The molecule has 1 N–H and O–H groups in total. The maximum Gasteiger partial charge on any atom is 0.265 e. The Bertz CT molecular complexity index is 1250. The van der Waals surface area contributed by atoms with Gasteiger partial charge >= 0.3 is 0 Å². The van der Waals surface area contributed by atoms with Crippen LogP contribution in [0.15, 0.2) is 83.8 Å². The molecule has 2 aliphatic rings. The molecule has 2 unspecified atom stereocenters. The Labute approximate surface area is 220 Å². The van der Waals surface area contributed by atoms with E-state index in [0.717, 1.165) is 29.9 Å². The minimum atomic E-state index is -0.911. The van der Waals surface area contributed by atoms with Gasteiger partial charge < -0.3 is 9.64 Å². The van der Waals surface area contributed by atoms with Crippen molar-refractivity contribution in [3.63, 3.8) is 0 Å². The summed E-state index contributed by atoms with van der Waals surface area (Å²) < 4.78 is 5.85. The Morgan fingerprint density at radius 1 is 0.972 bits per heavy atom. The van der Waals surface area contributed by atoms with Crippen molar-refractivity contribution in [1.29, 1.82) is 0 Å². The summed E-state index contributed by atoms with van der Waals surface area (Å²) in [4.78, 5) is 29.5. The highest BCUT2D eigenvalue weighted by Crippen LogP contribution is 2.37. The van der Waals surface area contributed by atoms with Crippen LogP contribution < -0.4 is 10.3 Å². The molecule has 5 rings (SSSR count). The molecule has 0 radical (unpaired) electrons. The number of carbonyl (C=O) groups excluding carboxylic acids is 2. The Balaban J connectivity index is 1.43. The third kappa shape index (κ3) is 5.09. The molecule has 2 amide bonds. The van der Waals surface area contributed by atoms with Crippen molar-refractivity contribution in [2.24, 2.45) is 0 Å². The molecular formula is C28H28ClN3O3S. The van der Waals surface area contributed by atoms with Crippen molar-refractivity contribution < 1.29 is 14.3 Å². The molecule has 36 heavy (non-hydrogen) atoms. The predicted molar refractivity (Wildman–Crippen MR) is 143 cm³/mol. The van der Waals surface area contributed by atoms with Crippen molar-refractivity contribution in [3.8, 4) is 0 Å². The van der Waals surface area contributed by atoms with Crippen molar-refractivity contribution in [1.82, 2.24) is 10.4 Å². The second kappa shape index (κ2) is 10.2. The largest absolute Gasteiger partial charge is 0.372 e. The van der Waals surface area contributed by atoms with E-state index in [2.05, 4.69) is 36.3 Å². The number of anilines is 1. The van der Waals surface area contributed by atoms with Gasteiger partial charge in [0.05, 0.1) is 17.2 Å². The van der Waals surface area contributed by atoms with Crippen LogP contribution in [0.3, 0.4) is 0 Å². The fourth-order valence-corrected chi connectivity index (χ4v) is 5.90. The van der Waals surface area contributed by atoms with Gasteiger partial charge in [-0.15, -0.1) is 11.8 Å². The quantitative estimate of drug-likeness (QED) is 0.458. The summed E-state index contributed by atoms with van der Waals surface area (Å²) in [7, 11) is 0. The smallest absolute Gasteiger partial charge is 0.265 e. The summed E-state index contributed by atoms with van der Waals surface area (Å²) in [5, 5.41) is 1.06. The molecule has 2 saturated heterocycles. The number of morpholine rings is 1. The van der Waals surface area contributed by atoms with Gasteiger partial charge in [0.2, 0.25) is 0 Å². The average molecular weight is 522 g/mol. The number of thioether (sulfide) groups is 1. The number of hydrogen-bond donors (Lipinski definition) is 1. The summed E-state index contributed by atoms with van der Waals surface area (Å²) in [6.07, 6.45) is 0. The highest BCUT2D eigenvalue weighted by Gasteiger charge is 2.44. The van der Waals surface area contributed by atoms with Gasteiger partial charge in [-0.05, 0) is 49.2 Å². The molecule has 2 heterocycles. The standard InChI is InChI=1S/C28H28ClN3O3S/c1-28(2)18-31(16-17-35-28)21-14-12-20(13-15-21)24(19-8-4-3-5-9-19)32-27(34)25(26(33)30-32)36-23-11-7-6-10-22(23)29/h3-15,24-25H,16-18H2,1-2H3,(H,30,33). The Kier molecular flexibility index (Phi) is 6.97. The molecule has 0 aliphatic carbocycles. The summed E-state index contributed by atoms with van der Waals surface area (Å²) in [6.45, 7) is 6.50. The van der Waals surface area contributed by atoms with Gasteiger partial charge in [0, 0.05) is 23.7 Å². The highest BCUT2D eigenvalue weighted by atomic mass is 35.5. The number of amides is 2. The van der Waals surface area contributed by atoms with E-state index in [4.69, 9.17) is 16.3 Å². The van der Waals surface area contributed by atoms with Crippen LogP contribution in [0, 0.1) is 0 Å². The normalized spacial score (nSPS) is 20.4. The fraction of sp³-hybridized carbons (Fsp3) is 0.286.